The van der Waals surface area contributed by atoms with Gasteiger partial charge in [0.2, 0.25) is 12.7 Å². The molecule has 0 spiro atoms. The molecule has 182 valence electrons. The molecule has 2 aliphatic heterocycles. The lowest BCUT2D eigenvalue weighted by molar-refractivity contribution is 0.0486. The molecule has 0 aliphatic carbocycles. The molecule has 1 aromatic heterocycles. The fraction of sp³-hybridized carbons (Fsp3) is 0.241. The quantitative estimate of drug-likeness (QED) is 0.406. The Labute approximate surface area is 209 Å². The number of nitrogens with zero attached hydrogens (tertiary/aromatic N) is 1. The molecule has 4 aromatic rings. The Morgan fingerprint density at radius 3 is 2.56 bits per heavy atom. The van der Waals surface area contributed by atoms with E-state index < -0.39 is 0 Å². The summed E-state index contributed by atoms with van der Waals surface area (Å²) in [5, 5.41) is 3.19. The van der Waals surface area contributed by atoms with Crippen LogP contribution in [-0.2, 0) is 10.2 Å². The van der Waals surface area contributed by atoms with Gasteiger partial charge in [-0.05, 0) is 42.7 Å². The topological polar surface area (TPSA) is 82.8 Å². The molecule has 0 radical (unpaired) electrons. The minimum atomic E-state index is -0.257. The monoisotopic (exact) mass is 482 g/mol. The molecular weight excluding hydrogens is 456 g/mol. The van der Waals surface area contributed by atoms with Crippen molar-refractivity contribution in [2.75, 3.05) is 26.6 Å². The number of rotatable bonds is 6. The molecule has 0 unspecified atom stereocenters. The zero-order chi connectivity index (χ0) is 24.4. The summed E-state index contributed by atoms with van der Waals surface area (Å²) >= 11 is 0. The van der Waals surface area contributed by atoms with Crippen molar-refractivity contribution in [3.8, 4) is 34.3 Å². The van der Waals surface area contributed by atoms with Crippen molar-refractivity contribution in [3.63, 3.8) is 0 Å². The summed E-state index contributed by atoms with van der Waals surface area (Å²) < 4.78 is 22.8. The van der Waals surface area contributed by atoms with Gasteiger partial charge in [-0.15, -0.1) is 0 Å². The van der Waals surface area contributed by atoms with Gasteiger partial charge in [0.15, 0.2) is 17.3 Å². The summed E-state index contributed by atoms with van der Waals surface area (Å²) in [5.74, 6) is 2.39. The van der Waals surface area contributed by atoms with Crippen LogP contribution in [0.15, 0.2) is 83.4 Å². The van der Waals surface area contributed by atoms with E-state index in [1.807, 2.05) is 60.7 Å². The predicted octanol–water partition coefficient (Wildman–Crippen LogP) is 5.22. The zero-order valence-electron chi connectivity index (χ0n) is 19.7. The maximum Gasteiger partial charge on any atom is 0.252 e. The van der Waals surface area contributed by atoms with E-state index in [0.717, 1.165) is 35.5 Å². The smallest absolute Gasteiger partial charge is 0.252 e. The largest absolute Gasteiger partial charge is 0.454 e. The average Bonchev–Trinajstić information content (AvgIpc) is 3.62. The van der Waals surface area contributed by atoms with Gasteiger partial charge in [-0.2, -0.15) is 0 Å². The van der Waals surface area contributed by atoms with Crippen molar-refractivity contribution < 1.29 is 23.4 Å². The van der Waals surface area contributed by atoms with Gasteiger partial charge < -0.3 is 23.9 Å². The lowest BCUT2D eigenvalue weighted by Crippen LogP contribution is -2.44. The molecule has 1 saturated heterocycles. The summed E-state index contributed by atoms with van der Waals surface area (Å²) in [7, 11) is 0. The van der Waals surface area contributed by atoms with Crippen molar-refractivity contribution in [2.45, 2.75) is 18.3 Å². The highest BCUT2D eigenvalue weighted by Gasteiger charge is 2.36. The van der Waals surface area contributed by atoms with Crippen LogP contribution in [-0.4, -0.2) is 37.4 Å². The van der Waals surface area contributed by atoms with Gasteiger partial charge in [0.1, 0.15) is 0 Å². The number of nitrogens with one attached hydrogen (secondary N) is 1. The van der Waals surface area contributed by atoms with Crippen LogP contribution < -0.4 is 14.8 Å². The SMILES string of the molecule is O=C(NCC1(c2ccc3c(c2)OCO3)CCOCC1)c1ccccc1-c1ncc(-c2ccccc2)o1. The fourth-order valence-corrected chi connectivity index (χ4v) is 4.90. The second-order valence-electron chi connectivity index (χ2n) is 9.08. The highest BCUT2D eigenvalue weighted by atomic mass is 16.7. The van der Waals surface area contributed by atoms with Gasteiger partial charge in [-0.25, -0.2) is 4.98 Å². The van der Waals surface area contributed by atoms with Crippen LogP contribution >= 0.6 is 0 Å². The van der Waals surface area contributed by atoms with Crippen molar-refractivity contribution in [1.29, 1.82) is 0 Å². The fourth-order valence-electron chi connectivity index (χ4n) is 4.90. The Morgan fingerprint density at radius 2 is 1.69 bits per heavy atom. The number of hydrogen-bond acceptors (Lipinski definition) is 6. The number of hydrogen-bond donors (Lipinski definition) is 1. The number of aromatic nitrogens is 1. The Hall–Kier alpha value is -4.10. The number of carbonyl (C=O) groups excluding carboxylic acids is 1. The summed E-state index contributed by atoms with van der Waals surface area (Å²) in [4.78, 5) is 17.9. The van der Waals surface area contributed by atoms with Crippen molar-refractivity contribution >= 4 is 5.91 Å². The van der Waals surface area contributed by atoms with Gasteiger partial charge in [0.05, 0.1) is 11.8 Å². The molecule has 6 rings (SSSR count). The summed E-state index contributed by atoms with van der Waals surface area (Å²) in [6, 6.07) is 23.2. The van der Waals surface area contributed by atoms with Crippen LogP contribution in [0.25, 0.3) is 22.8 Å². The Balaban J connectivity index is 1.25. The molecule has 0 saturated carbocycles. The third-order valence-corrected chi connectivity index (χ3v) is 6.99. The molecule has 36 heavy (non-hydrogen) atoms. The van der Waals surface area contributed by atoms with Gasteiger partial charge >= 0.3 is 0 Å². The number of ether oxygens (including phenoxy) is 3. The summed E-state index contributed by atoms with van der Waals surface area (Å²) in [6.07, 6.45) is 3.29. The van der Waals surface area contributed by atoms with E-state index in [9.17, 15) is 4.79 Å². The molecule has 3 aromatic carbocycles. The van der Waals surface area contributed by atoms with Gasteiger partial charge in [-0.3, -0.25) is 4.79 Å². The Kier molecular flexibility index (Phi) is 5.91. The average molecular weight is 483 g/mol. The maximum atomic E-state index is 13.5. The predicted molar refractivity (Wildman–Crippen MR) is 134 cm³/mol. The molecule has 1 amide bonds. The van der Waals surface area contributed by atoms with Crippen LogP contribution in [0.5, 0.6) is 11.5 Å². The lowest BCUT2D eigenvalue weighted by Gasteiger charge is -2.38. The first-order chi connectivity index (χ1) is 17.7. The highest BCUT2D eigenvalue weighted by molar-refractivity contribution is 6.00. The maximum absolute atomic E-state index is 13.5. The number of oxazole rings is 1. The first-order valence-electron chi connectivity index (χ1n) is 12.1. The van der Waals surface area contributed by atoms with E-state index in [4.69, 9.17) is 18.6 Å². The van der Waals surface area contributed by atoms with E-state index >= 15 is 0 Å². The lowest BCUT2D eigenvalue weighted by atomic mass is 9.74. The Bertz CT molecular complexity index is 1380. The molecule has 1 N–H and O–H groups in total. The van der Waals surface area contributed by atoms with E-state index in [2.05, 4.69) is 16.4 Å². The normalized spacial score (nSPS) is 16.0. The molecular formula is C29H26N2O5. The number of benzene rings is 3. The van der Waals surface area contributed by atoms with E-state index in [1.54, 1.807) is 12.3 Å². The van der Waals surface area contributed by atoms with Crippen LogP contribution in [0.2, 0.25) is 0 Å². The van der Waals surface area contributed by atoms with Crippen LogP contribution in [0.1, 0.15) is 28.8 Å². The molecule has 0 bridgehead atoms. The number of carbonyl (C=O) groups is 1. The first kappa shape index (κ1) is 22.4. The molecule has 0 atom stereocenters. The third kappa shape index (κ3) is 4.22. The minimum absolute atomic E-state index is 0.170. The third-order valence-electron chi connectivity index (χ3n) is 6.99. The minimum Gasteiger partial charge on any atom is -0.454 e. The summed E-state index contributed by atoms with van der Waals surface area (Å²) in [6.45, 7) is 1.98. The van der Waals surface area contributed by atoms with Gasteiger partial charge in [0.25, 0.3) is 5.91 Å². The number of fused-ring (bicyclic) bond motifs is 1. The van der Waals surface area contributed by atoms with Crippen molar-refractivity contribution in [1.82, 2.24) is 10.3 Å². The second-order valence-corrected chi connectivity index (χ2v) is 9.08. The highest BCUT2D eigenvalue weighted by Crippen LogP contribution is 2.40. The molecule has 1 fully saturated rings. The second kappa shape index (κ2) is 9.51. The molecule has 2 aliphatic rings. The van der Waals surface area contributed by atoms with E-state index in [1.165, 1.54) is 0 Å². The van der Waals surface area contributed by atoms with E-state index in [0.29, 0.717) is 42.5 Å². The molecule has 7 heteroatoms. The van der Waals surface area contributed by atoms with Crippen molar-refractivity contribution in [2.24, 2.45) is 0 Å². The molecule has 7 nitrogen and oxygen atoms in total. The van der Waals surface area contributed by atoms with Gasteiger partial charge in [0, 0.05) is 36.3 Å². The summed E-state index contributed by atoms with van der Waals surface area (Å²) in [5.41, 5.74) is 2.97. The first-order valence-corrected chi connectivity index (χ1v) is 12.1. The van der Waals surface area contributed by atoms with E-state index in [-0.39, 0.29) is 18.1 Å². The van der Waals surface area contributed by atoms with Gasteiger partial charge in [-0.1, -0.05) is 48.5 Å². The number of amides is 1. The van der Waals surface area contributed by atoms with Crippen LogP contribution in [0.3, 0.4) is 0 Å². The Morgan fingerprint density at radius 1 is 0.917 bits per heavy atom. The van der Waals surface area contributed by atoms with Crippen LogP contribution in [0, 0.1) is 0 Å². The molecule has 3 heterocycles. The van der Waals surface area contributed by atoms with Crippen molar-refractivity contribution in [3.05, 3.63) is 90.1 Å². The zero-order valence-corrected chi connectivity index (χ0v) is 19.7. The van der Waals surface area contributed by atoms with Crippen LogP contribution in [0.4, 0.5) is 0 Å². The standard InChI is InChI=1S/C29H26N2O5/c32-27(22-8-4-5-9-23(22)28-30-17-26(36-28)20-6-2-1-3-7-20)31-18-29(12-14-33-15-13-29)21-10-11-24-25(16-21)35-19-34-24/h1-11,16-17H,12-15,18-19H2,(H,31,32).